The highest BCUT2D eigenvalue weighted by Gasteiger charge is 2.21. The lowest BCUT2D eigenvalue weighted by molar-refractivity contribution is -0.0318. The SMILES string of the molecule is CCNC(=NCCCOC1CCOCC1)NC1CCCC(SC)C1.I. The predicted molar refractivity (Wildman–Crippen MR) is 118 cm³/mol. The second-order valence-corrected chi connectivity index (χ2v) is 7.80. The van der Waals surface area contributed by atoms with Gasteiger partial charge in [-0.3, -0.25) is 4.99 Å². The summed E-state index contributed by atoms with van der Waals surface area (Å²) in [5, 5.41) is 7.81. The lowest BCUT2D eigenvalue weighted by Gasteiger charge is -2.29. The Morgan fingerprint density at radius 3 is 2.76 bits per heavy atom. The molecular formula is C18H36IN3O2S. The first-order chi connectivity index (χ1) is 11.8. The van der Waals surface area contributed by atoms with E-state index in [1.54, 1.807) is 0 Å². The van der Waals surface area contributed by atoms with Gasteiger partial charge in [0.1, 0.15) is 0 Å². The van der Waals surface area contributed by atoms with Crippen molar-refractivity contribution in [2.75, 3.05) is 39.2 Å². The molecule has 2 N–H and O–H groups in total. The highest BCUT2D eigenvalue weighted by Crippen LogP contribution is 2.26. The molecule has 2 unspecified atom stereocenters. The first-order valence-electron chi connectivity index (χ1n) is 9.58. The molecule has 0 spiro atoms. The van der Waals surface area contributed by atoms with Gasteiger partial charge in [-0.05, 0) is 51.7 Å². The number of nitrogens with zero attached hydrogens (tertiary/aromatic N) is 1. The number of guanidine groups is 1. The van der Waals surface area contributed by atoms with Crippen molar-refractivity contribution in [2.45, 2.75) is 69.3 Å². The maximum Gasteiger partial charge on any atom is 0.191 e. The molecule has 2 aliphatic rings. The van der Waals surface area contributed by atoms with Gasteiger partial charge in [0.25, 0.3) is 0 Å². The van der Waals surface area contributed by atoms with Crippen molar-refractivity contribution >= 4 is 41.7 Å². The summed E-state index contributed by atoms with van der Waals surface area (Å²) < 4.78 is 11.3. The van der Waals surface area contributed by atoms with E-state index in [-0.39, 0.29) is 24.0 Å². The first kappa shape index (κ1) is 23.3. The summed E-state index contributed by atoms with van der Waals surface area (Å²) >= 11 is 2.00. The summed E-state index contributed by atoms with van der Waals surface area (Å²) in [4.78, 5) is 4.72. The van der Waals surface area contributed by atoms with Gasteiger partial charge in [-0.15, -0.1) is 24.0 Å². The van der Waals surface area contributed by atoms with E-state index in [9.17, 15) is 0 Å². The summed E-state index contributed by atoms with van der Waals surface area (Å²) in [6.07, 6.45) is 10.8. The van der Waals surface area contributed by atoms with Gasteiger partial charge in [0, 0.05) is 44.2 Å². The van der Waals surface area contributed by atoms with Gasteiger partial charge >= 0.3 is 0 Å². The fourth-order valence-corrected chi connectivity index (χ4v) is 4.18. The van der Waals surface area contributed by atoms with Crippen LogP contribution in [0.25, 0.3) is 0 Å². The molecule has 0 radical (unpaired) electrons. The number of aliphatic imine (C=N–C) groups is 1. The van der Waals surface area contributed by atoms with Crippen LogP contribution >= 0.6 is 35.7 Å². The topological polar surface area (TPSA) is 54.9 Å². The summed E-state index contributed by atoms with van der Waals surface area (Å²) in [5.41, 5.74) is 0. The second-order valence-electron chi connectivity index (χ2n) is 6.66. The van der Waals surface area contributed by atoms with E-state index in [1.165, 1.54) is 25.7 Å². The number of hydrogen-bond acceptors (Lipinski definition) is 4. The minimum absolute atomic E-state index is 0. The van der Waals surface area contributed by atoms with Gasteiger partial charge in [0.05, 0.1) is 6.10 Å². The van der Waals surface area contributed by atoms with Crippen LogP contribution in [0.3, 0.4) is 0 Å². The zero-order valence-corrected chi connectivity index (χ0v) is 18.9. The van der Waals surface area contributed by atoms with Crippen LogP contribution in [0.15, 0.2) is 4.99 Å². The van der Waals surface area contributed by atoms with Crippen LogP contribution in [0.5, 0.6) is 0 Å². The van der Waals surface area contributed by atoms with Gasteiger partial charge in [-0.1, -0.05) is 6.42 Å². The summed E-state index contributed by atoms with van der Waals surface area (Å²) in [6.45, 7) is 6.33. The van der Waals surface area contributed by atoms with Crippen molar-refractivity contribution in [3.63, 3.8) is 0 Å². The molecule has 0 aromatic rings. The third-order valence-electron chi connectivity index (χ3n) is 4.74. The lowest BCUT2D eigenvalue weighted by atomic mass is 9.95. The molecule has 0 bridgehead atoms. The van der Waals surface area contributed by atoms with E-state index in [0.717, 1.165) is 63.4 Å². The number of thioether (sulfide) groups is 1. The Morgan fingerprint density at radius 2 is 2.04 bits per heavy atom. The van der Waals surface area contributed by atoms with Crippen molar-refractivity contribution in [2.24, 2.45) is 4.99 Å². The molecule has 2 atom stereocenters. The van der Waals surface area contributed by atoms with Gasteiger partial charge in [-0.25, -0.2) is 0 Å². The standard InChI is InChI=1S/C18H35N3O2S.HI/c1-3-19-18(21-15-6-4-7-17(14-15)24-2)20-10-5-11-23-16-8-12-22-13-9-16;/h15-17H,3-14H2,1-2H3,(H2,19,20,21);1H. The fraction of sp³-hybridized carbons (Fsp3) is 0.944. The zero-order chi connectivity index (χ0) is 17.0. The molecule has 2 fully saturated rings. The molecule has 0 amide bonds. The van der Waals surface area contributed by atoms with Crippen LogP contribution in [0.2, 0.25) is 0 Å². The molecule has 0 aromatic heterocycles. The lowest BCUT2D eigenvalue weighted by Crippen LogP contribution is -2.45. The second kappa shape index (κ2) is 14.3. The van der Waals surface area contributed by atoms with E-state index < -0.39 is 0 Å². The maximum absolute atomic E-state index is 5.91. The third kappa shape index (κ3) is 9.68. The highest BCUT2D eigenvalue weighted by atomic mass is 127. The Balaban J connectivity index is 0.00000312. The summed E-state index contributed by atoms with van der Waals surface area (Å²) in [5.74, 6) is 0.968. The minimum Gasteiger partial charge on any atom is -0.381 e. The zero-order valence-electron chi connectivity index (χ0n) is 15.8. The van der Waals surface area contributed by atoms with E-state index >= 15 is 0 Å². The van der Waals surface area contributed by atoms with Gasteiger partial charge in [0.15, 0.2) is 5.96 Å². The molecule has 2 rings (SSSR count). The Kier molecular flexibility index (Phi) is 13.4. The van der Waals surface area contributed by atoms with Crippen molar-refractivity contribution < 1.29 is 9.47 Å². The van der Waals surface area contributed by atoms with Crippen molar-refractivity contribution in [1.82, 2.24) is 10.6 Å². The van der Waals surface area contributed by atoms with E-state index in [0.29, 0.717) is 12.1 Å². The van der Waals surface area contributed by atoms with Crippen LogP contribution in [-0.4, -0.2) is 62.5 Å². The quantitative estimate of drug-likeness (QED) is 0.239. The van der Waals surface area contributed by atoms with Crippen LogP contribution < -0.4 is 10.6 Å². The van der Waals surface area contributed by atoms with E-state index in [2.05, 4.69) is 23.8 Å². The number of halogens is 1. The summed E-state index contributed by atoms with van der Waals surface area (Å²) in [7, 11) is 0. The Morgan fingerprint density at radius 1 is 1.24 bits per heavy atom. The highest BCUT2D eigenvalue weighted by molar-refractivity contribution is 14.0. The first-order valence-corrected chi connectivity index (χ1v) is 10.9. The Labute approximate surface area is 174 Å². The number of ether oxygens (including phenoxy) is 2. The van der Waals surface area contributed by atoms with Crippen LogP contribution in [-0.2, 0) is 9.47 Å². The molecule has 1 saturated carbocycles. The molecule has 1 saturated heterocycles. The molecule has 0 aromatic carbocycles. The minimum atomic E-state index is 0. The van der Waals surface area contributed by atoms with Crippen LogP contribution in [0.4, 0.5) is 0 Å². The monoisotopic (exact) mass is 485 g/mol. The fourth-order valence-electron chi connectivity index (χ4n) is 3.35. The number of hydrogen-bond donors (Lipinski definition) is 2. The molecule has 1 aliphatic carbocycles. The average Bonchev–Trinajstić information content (AvgIpc) is 2.62. The molecular weight excluding hydrogens is 449 g/mol. The Bertz CT molecular complexity index is 368. The number of nitrogens with one attached hydrogen (secondary N) is 2. The van der Waals surface area contributed by atoms with Gasteiger partial charge in [-0.2, -0.15) is 11.8 Å². The predicted octanol–water partition coefficient (Wildman–Crippen LogP) is 3.42. The number of rotatable bonds is 8. The molecule has 1 aliphatic heterocycles. The molecule has 5 nitrogen and oxygen atoms in total. The van der Waals surface area contributed by atoms with Crippen LogP contribution in [0.1, 0.15) is 51.9 Å². The van der Waals surface area contributed by atoms with Crippen molar-refractivity contribution in [3.05, 3.63) is 0 Å². The molecule has 25 heavy (non-hydrogen) atoms. The molecule has 7 heteroatoms. The average molecular weight is 485 g/mol. The van der Waals surface area contributed by atoms with E-state index in [4.69, 9.17) is 14.5 Å². The molecule has 148 valence electrons. The van der Waals surface area contributed by atoms with Gasteiger partial charge in [0.2, 0.25) is 0 Å². The van der Waals surface area contributed by atoms with Crippen molar-refractivity contribution in [1.29, 1.82) is 0 Å². The largest absolute Gasteiger partial charge is 0.381 e. The molecule has 1 heterocycles. The smallest absolute Gasteiger partial charge is 0.191 e. The third-order valence-corrected chi connectivity index (χ3v) is 5.83. The van der Waals surface area contributed by atoms with E-state index in [1.807, 2.05) is 11.8 Å². The Hall–Kier alpha value is 0.270. The normalized spacial score (nSPS) is 25.3. The maximum atomic E-state index is 5.91. The summed E-state index contributed by atoms with van der Waals surface area (Å²) in [6, 6.07) is 0.562. The van der Waals surface area contributed by atoms with Crippen LogP contribution in [0, 0.1) is 0 Å². The van der Waals surface area contributed by atoms with Crippen molar-refractivity contribution in [3.8, 4) is 0 Å². The van der Waals surface area contributed by atoms with Gasteiger partial charge < -0.3 is 20.1 Å².